The first-order valence-electron chi connectivity index (χ1n) is 7.94. The first-order valence-corrected chi connectivity index (χ1v) is 7.94. The molecule has 1 aliphatic rings. The lowest BCUT2D eigenvalue weighted by Crippen LogP contribution is -2.41. The van der Waals surface area contributed by atoms with Crippen molar-refractivity contribution in [2.24, 2.45) is 5.92 Å². The summed E-state index contributed by atoms with van der Waals surface area (Å²) in [5, 5.41) is 14.3. The van der Waals surface area contributed by atoms with E-state index < -0.39 is 12.0 Å². The molecule has 0 saturated carbocycles. The molecule has 130 valence electrons. The summed E-state index contributed by atoms with van der Waals surface area (Å²) in [5.74, 6) is -1.29. The molecule has 3 N–H and O–H groups in total. The maximum atomic E-state index is 12.2. The minimum Gasteiger partial charge on any atom is -0.461 e. The van der Waals surface area contributed by atoms with Crippen LogP contribution in [0.25, 0.3) is 0 Å². The molecular formula is C16H26N2O5. The molecule has 1 heterocycles. The van der Waals surface area contributed by atoms with Crippen LogP contribution in [0.3, 0.4) is 0 Å². The second-order valence-electron chi connectivity index (χ2n) is 5.84. The van der Waals surface area contributed by atoms with Gasteiger partial charge in [0.1, 0.15) is 6.10 Å². The van der Waals surface area contributed by atoms with Crippen molar-refractivity contribution in [2.75, 3.05) is 13.2 Å². The molecule has 0 saturated heterocycles. The van der Waals surface area contributed by atoms with Gasteiger partial charge in [0, 0.05) is 18.9 Å². The molecule has 0 aromatic heterocycles. The third-order valence-corrected chi connectivity index (χ3v) is 3.48. The molecular weight excluding hydrogens is 300 g/mol. The van der Waals surface area contributed by atoms with E-state index in [2.05, 4.69) is 10.6 Å². The predicted molar refractivity (Wildman–Crippen MR) is 84.4 cm³/mol. The molecule has 0 unspecified atom stereocenters. The van der Waals surface area contributed by atoms with Crippen LogP contribution in [-0.4, -0.2) is 48.2 Å². The van der Waals surface area contributed by atoms with Crippen molar-refractivity contribution in [3.63, 3.8) is 0 Å². The molecule has 7 heteroatoms. The first-order chi connectivity index (χ1) is 10.9. The van der Waals surface area contributed by atoms with Crippen LogP contribution in [0.15, 0.2) is 12.2 Å². The topological polar surface area (TPSA) is 105 Å². The quantitative estimate of drug-likeness (QED) is 0.508. The van der Waals surface area contributed by atoms with Crippen LogP contribution in [-0.2, 0) is 19.1 Å². The number of hydrogen-bond acceptors (Lipinski definition) is 5. The fourth-order valence-corrected chi connectivity index (χ4v) is 2.18. The van der Waals surface area contributed by atoms with E-state index in [0.29, 0.717) is 19.3 Å². The maximum absolute atomic E-state index is 12.2. The van der Waals surface area contributed by atoms with E-state index in [1.807, 2.05) is 12.2 Å². The summed E-state index contributed by atoms with van der Waals surface area (Å²) in [6.07, 6.45) is 4.55. The van der Waals surface area contributed by atoms with E-state index in [9.17, 15) is 14.4 Å². The molecule has 1 aliphatic heterocycles. The molecule has 0 aromatic rings. The predicted octanol–water partition coefficient (Wildman–Crippen LogP) is 0.278. The molecule has 1 rings (SSSR count). The normalized spacial score (nSPS) is 24.7. The van der Waals surface area contributed by atoms with Gasteiger partial charge in [0.2, 0.25) is 11.8 Å². The number of aliphatic hydroxyl groups is 1. The molecule has 23 heavy (non-hydrogen) atoms. The molecule has 0 radical (unpaired) electrons. The van der Waals surface area contributed by atoms with Crippen molar-refractivity contribution in [3.05, 3.63) is 12.2 Å². The van der Waals surface area contributed by atoms with Crippen LogP contribution in [0.1, 0.15) is 39.5 Å². The molecule has 0 spiro atoms. The minimum atomic E-state index is -0.487. The fraction of sp³-hybridized carbons (Fsp3) is 0.688. The van der Waals surface area contributed by atoms with E-state index in [1.165, 1.54) is 0 Å². The third-order valence-electron chi connectivity index (χ3n) is 3.48. The number of aliphatic hydroxyl groups excluding tert-OH is 1. The third kappa shape index (κ3) is 7.78. The van der Waals surface area contributed by atoms with Crippen molar-refractivity contribution in [3.8, 4) is 0 Å². The summed E-state index contributed by atoms with van der Waals surface area (Å²) >= 11 is 0. The van der Waals surface area contributed by atoms with Gasteiger partial charge >= 0.3 is 5.97 Å². The first kappa shape index (κ1) is 19.2. The van der Waals surface area contributed by atoms with Crippen molar-refractivity contribution in [2.45, 2.75) is 51.7 Å². The monoisotopic (exact) mass is 326 g/mol. The summed E-state index contributed by atoms with van der Waals surface area (Å²) in [4.78, 5) is 35.6. The molecule has 2 amide bonds. The average molecular weight is 326 g/mol. The fourth-order valence-electron chi connectivity index (χ4n) is 2.18. The zero-order valence-corrected chi connectivity index (χ0v) is 13.7. The zero-order chi connectivity index (χ0) is 17.2. The average Bonchev–Trinajstić information content (AvgIpc) is 2.49. The van der Waals surface area contributed by atoms with Gasteiger partial charge in [0.15, 0.2) is 0 Å². The maximum Gasteiger partial charge on any atom is 0.306 e. The summed E-state index contributed by atoms with van der Waals surface area (Å²) in [6.45, 7) is 3.48. The molecule has 0 aromatic carbocycles. The van der Waals surface area contributed by atoms with E-state index in [-0.39, 0.29) is 43.4 Å². The number of rotatable bonds is 4. The Morgan fingerprint density at radius 2 is 2.22 bits per heavy atom. The van der Waals surface area contributed by atoms with Gasteiger partial charge in [-0.15, -0.1) is 0 Å². The Morgan fingerprint density at radius 1 is 1.48 bits per heavy atom. The van der Waals surface area contributed by atoms with Gasteiger partial charge in [-0.3, -0.25) is 14.4 Å². The number of carbonyl (C=O) groups is 3. The van der Waals surface area contributed by atoms with Crippen LogP contribution in [0, 0.1) is 5.92 Å². The van der Waals surface area contributed by atoms with Crippen molar-refractivity contribution in [1.82, 2.24) is 10.6 Å². The summed E-state index contributed by atoms with van der Waals surface area (Å²) in [7, 11) is 0. The molecule has 7 nitrogen and oxygen atoms in total. The molecule has 0 bridgehead atoms. The Morgan fingerprint density at radius 3 is 2.91 bits per heavy atom. The number of cyclic esters (lactones) is 1. The number of esters is 1. The Bertz CT molecular complexity index is 450. The van der Waals surface area contributed by atoms with Gasteiger partial charge in [0.05, 0.1) is 19.1 Å². The second-order valence-corrected chi connectivity index (χ2v) is 5.84. The van der Waals surface area contributed by atoms with Crippen molar-refractivity contribution < 1.29 is 24.2 Å². The number of amides is 2. The minimum absolute atomic E-state index is 0.0503. The van der Waals surface area contributed by atoms with Crippen molar-refractivity contribution in [1.29, 1.82) is 0 Å². The summed E-state index contributed by atoms with van der Waals surface area (Å²) < 4.78 is 5.16. The standard InChI is InChI=1S/C16H26N2O5/c1-11(10-19)18-14(20)8-13-6-4-3-5-7-15(21)23-12(2)9-17-16(13)22/h3-4,11-13,19H,5-10H2,1-2H3,(H,17,22)(H,18,20)/t11-,12+,13-/m1/s1. The van der Waals surface area contributed by atoms with E-state index in [1.54, 1.807) is 13.8 Å². The van der Waals surface area contributed by atoms with Gasteiger partial charge in [-0.25, -0.2) is 0 Å². The van der Waals surface area contributed by atoms with Gasteiger partial charge in [-0.05, 0) is 26.7 Å². The number of carbonyl (C=O) groups excluding carboxylic acids is 3. The highest BCUT2D eigenvalue weighted by molar-refractivity contribution is 5.86. The molecule has 0 fully saturated rings. The highest BCUT2D eigenvalue weighted by Gasteiger charge is 2.22. The molecule has 0 aliphatic carbocycles. The van der Waals surface area contributed by atoms with Crippen LogP contribution < -0.4 is 10.6 Å². The largest absolute Gasteiger partial charge is 0.461 e. The highest BCUT2D eigenvalue weighted by atomic mass is 16.5. The van der Waals surface area contributed by atoms with Crippen LogP contribution in [0.5, 0.6) is 0 Å². The van der Waals surface area contributed by atoms with Crippen LogP contribution in [0.4, 0.5) is 0 Å². The Hall–Kier alpha value is -1.89. The van der Waals surface area contributed by atoms with E-state index in [0.717, 1.165) is 0 Å². The lowest BCUT2D eigenvalue weighted by Gasteiger charge is -2.19. The molecule has 3 atom stereocenters. The SMILES string of the molecule is C[C@H](CO)NC(=O)C[C@H]1CC=CCCC(=O)O[C@@H](C)CNC1=O. The lowest BCUT2D eigenvalue weighted by molar-refractivity contribution is -0.148. The number of hydrogen-bond donors (Lipinski definition) is 3. The van der Waals surface area contributed by atoms with Gasteiger partial charge in [-0.2, -0.15) is 0 Å². The second kappa shape index (κ2) is 9.99. The Labute approximate surface area is 136 Å². The van der Waals surface area contributed by atoms with E-state index >= 15 is 0 Å². The lowest BCUT2D eigenvalue weighted by atomic mass is 9.98. The van der Waals surface area contributed by atoms with E-state index in [4.69, 9.17) is 9.84 Å². The van der Waals surface area contributed by atoms with Crippen molar-refractivity contribution >= 4 is 17.8 Å². The zero-order valence-electron chi connectivity index (χ0n) is 13.7. The summed E-state index contributed by atoms with van der Waals surface area (Å²) in [6, 6.07) is -0.341. The number of nitrogens with one attached hydrogen (secondary N) is 2. The highest BCUT2D eigenvalue weighted by Crippen LogP contribution is 2.12. The van der Waals surface area contributed by atoms with Crippen LogP contribution in [0.2, 0.25) is 0 Å². The van der Waals surface area contributed by atoms with Crippen LogP contribution >= 0.6 is 0 Å². The number of ether oxygens (including phenoxy) is 1. The summed E-state index contributed by atoms with van der Waals surface area (Å²) in [5.41, 5.74) is 0. The van der Waals surface area contributed by atoms with Gasteiger partial charge in [0.25, 0.3) is 0 Å². The Balaban J connectivity index is 2.67. The smallest absolute Gasteiger partial charge is 0.306 e. The van der Waals surface area contributed by atoms with Gasteiger partial charge < -0.3 is 20.5 Å². The number of allylic oxidation sites excluding steroid dienone is 2. The van der Waals surface area contributed by atoms with Gasteiger partial charge in [-0.1, -0.05) is 12.2 Å². The Kier molecular flexibility index (Phi) is 8.32.